The van der Waals surface area contributed by atoms with E-state index in [1.54, 1.807) is 6.07 Å². The summed E-state index contributed by atoms with van der Waals surface area (Å²) in [6.07, 6.45) is -1.75. The van der Waals surface area contributed by atoms with E-state index >= 15 is 0 Å². The molecule has 0 atom stereocenters. The third kappa shape index (κ3) is 1.63. The van der Waals surface area contributed by atoms with Gasteiger partial charge < -0.3 is 11.5 Å². The largest absolute Gasteiger partial charge is 0.383 e. The van der Waals surface area contributed by atoms with Gasteiger partial charge in [0.05, 0.1) is 5.56 Å². The number of halogens is 2. The summed E-state index contributed by atoms with van der Waals surface area (Å²) in [7, 11) is 0. The van der Waals surface area contributed by atoms with Gasteiger partial charge in [-0.3, -0.25) is 0 Å². The zero-order valence-corrected chi connectivity index (χ0v) is 7.17. The van der Waals surface area contributed by atoms with E-state index in [9.17, 15) is 8.78 Å². The highest BCUT2D eigenvalue weighted by Gasteiger charge is 2.19. The van der Waals surface area contributed by atoms with Gasteiger partial charge in [-0.05, 0) is 0 Å². The molecule has 0 fully saturated rings. The van der Waals surface area contributed by atoms with E-state index in [1.807, 2.05) is 0 Å². The van der Waals surface area contributed by atoms with Gasteiger partial charge in [0.1, 0.15) is 11.9 Å². The van der Waals surface area contributed by atoms with Gasteiger partial charge in [0.15, 0.2) is 0 Å². The number of rotatable bonds is 2. The average Bonchev–Trinajstić information content (AvgIpc) is 2.17. The zero-order chi connectivity index (χ0) is 10.7. The van der Waals surface area contributed by atoms with Crippen molar-refractivity contribution in [3.63, 3.8) is 0 Å². The first-order chi connectivity index (χ1) is 6.61. The fourth-order valence-electron chi connectivity index (χ4n) is 1.13. The number of hydrogen-bond donors (Lipinski definition) is 2. The minimum absolute atomic E-state index is 0.0408. The summed E-state index contributed by atoms with van der Waals surface area (Å²) in [6.45, 7) is -0.159. The minimum atomic E-state index is -2.77. The lowest BCUT2D eigenvalue weighted by Gasteiger charge is -2.10. The van der Waals surface area contributed by atoms with E-state index in [4.69, 9.17) is 16.7 Å². The number of anilines is 1. The van der Waals surface area contributed by atoms with Crippen molar-refractivity contribution in [1.29, 1.82) is 5.26 Å². The van der Waals surface area contributed by atoms with Crippen molar-refractivity contribution >= 4 is 5.82 Å². The molecule has 1 rings (SSSR count). The molecule has 0 unspecified atom stereocenters. The Balaban J connectivity index is 3.46. The van der Waals surface area contributed by atoms with E-state index < -0.39 is 12.0 Å². The Hall–Kier alpha value is -1.74. The van der Waals surface area contributed by atoms with Gasteiger partial charge in [0.25, 0.3) is 6.43 Å². The lowest BCUT2D eigenvalue weighted by atomic mass is 10.0. The second-order valence-corrected chi connectivity index (χ2v) is 2.57. The van der Waals surface area contributed by atoms with Crippen LogP contribution in [0.4, 0.5) is 14.6 Å². The van der Waals surface area contributed by atoms with Gasteiger partial charge in [-0.1, -0.05) is 0 Å². The van der Waals surface area contributed by atoms with Crippen molar-refractivity contribution in [3.05, 3.63) is 22.9 Å². The van der Waals surface area contributed by atoms with Crippen molar-refractivity contribution in [2.45, 2.75) is 13.0 Å². The Morgan fingerprint density at radius 3 is 2.64 bits per heavy atom. The Morgan fingerprint density at radius 2 is 2.21 bits per heavy atom. The molecule has 6 heteroatoms. The number of nitrogens with zero attached hydrogens (tertiary/aromatic N) is 2. The molecule has 14 heavy (non-hydrogen) atoms. The van der Waals surface area contributed by atoms with Gasteiger partial charge in [-0.15, -0.1) is 0 Å². The van der Waals surface area contributed by atoms with Crippen LogP contribution < -0.4 is 11.5 Å². The van der Waals surface area contributed by atoms with Crippen LogP contribution in [0, 0.1) is 11.3 Å². The summed E-state index contributed by atoms with van der Waals surface area (Å²) < 4.78 is 25.1. The van der Waals surface area contributed by atoms with Crippen LogP contribution in [0.15, 0.2) is 6.20 Å². The van der Waals surface area contributed by atoms with Crippen LogP contribution in [0.1, 0.15) is 23.1 Å². The van der Waals surface area contributed by atoms with Crippen molar-refractivity contribution in [1.82, 2.24) is 4.98 Å². The van der Waals surface area contributed by atoms with Gasteiger partial charge in [-0.2, -0.15) is 5.26 Å². The zero-order valence-electron chi connectivity index (χ0n) is 7.17. The average molecular weight is 198 g/mol. The first kappa shape index (κ1) is 10.3. The fraction of sp³-hybridized carbons (Fsp3) is 0.250. The number of nitrogens with two attached hydrogens (primary N) is 2. The Bertz CT molecular complexity index is 384. The summed E-state index contributed by atoms with van der Waals surface area (Å²) in [5.74, 6) is -0.0539. The van der Waals surface area contributed by atoms with Gasteiger partial charge in [-0.25, -0.2) is 13.8 Å². The molecule has 0 aliphatic heterocycles. The quantitative estimate of drug-likeness (QED) is 0.739. The molecule has 0 bridgehead atoms. The van der Waals surface area contributed by atoms with Crippen LogP contribution in [0.3, 0.4) is 0 Å². The molecular formula is C8H8F2N4. The normalized spacial score (nSPS) is 10.2. The number of nitriles is 1. The molecule has 0 saturated carbocycles. The van der Waals surface area contributed by atoms with E-state index in [1.165, 1.54) is 0 Å². The van der Waals surface area contributed by atoms with Crippen LogP contribution in [0.5, 0.6) is 0 Å². The molecule has 1 aromatic rings. The molecule has 1 heterocycles. The Kier molecular flexibility index (Phi) is 2.94. The summed E-state index contributed by atoms with van der Waals surface area (Å²) in [5, 5.41) is 8.57. The predicted molar refractivity (Wildman–Crippen MR) is 46.2 cm³/mol. The highest BCUT2D eigenvalue weighted by atomic mass is 19.3. The summed E-state index contributed by atoms with van der Waals surface area (Å²) in [4.78, 5) is 3.61. The molecule has 0 aromatic carbocycles. The topological polar surface area (TPSA) is 88.7 Å². The second-order valence-electron chi connectivity index (χ2n) is 2.57. The van der Waals surface area contributed by atoms with Crippen molar-refractivity contribution < 1.29 is 8.78 Å². The molecular weight excluding hydrogens is 190 g/mol. The number of pyridine rings is 1. The predicted octanol–water partition coefficient (Wildman–Crippen LogP) is 0.932. The van der Waals surface area contributed by atoms with Crippen LogP contribution in [0.25, 0.3) is 0 Å². The molecule has 0 aliphatic rings. The maximum atomic E-state index is 12.6. The molecule has 0 aliphatic carbocycles. The molecule has 0 amide bonds. The second kappa shape index (κ2) is 3.98. The standard InChI is InChI=1S/C8H8F2N4/c9-7(10)6-4(1-11)3-14-8(13)5(6)2-12/h3,7H,2,12H2,(H2,13,14). The Labute approximate surface area is 79.1 Å². The van der Waals surface area contributed by atoms with E-state index in [0.717, 1.165) is 6.20 Å². The van der Waals surface area contributed by atoms with Gasteiger partial charge in [0.2, 0.25) is 0 Å². The third-order valence-corrected chi connectivity index (χ3v) is 1.80. The van der Waals surface area contributed by atoms with Crippen molar-refractivity contribution in [2.24, 2.45) is 5.73 Å². The van der Waals surface area contributed by atoms with E-state index in [2.05, 4.69) is 4.98 Å². The van der Waals surface area contributed by atoms with Crippen LogP contribution >= 0.6 is 0 Å². The SMILES string of the molecule is N#Cc1cnc(N)c(CN)c1C(F)F. The van der Waals surface area contributed by atoms with Gasteiger partial charge >= 0.3 is 0 Å². The van der Waals surface area contributed by atoms with E-state index in [-0.39, 0.29) is 23.5 Å². The highest BCUT2D eigenvalue weighted by molar-refractivity contribution is 5.52. The summed E-state index contributed by atoms with van der Waals surface area (Å²) >= 11 is 0. The maximum absolute atomic E-state index is 12.6. The third-order valence-electron chi connectivity index (χ3n) is 1.80. The van der Waals surface area contributed by atoms with Crippen LogP contribution in [-0.2, 0) is 6.54 Å². The molecule has 0 saturated heterocycles. The lowest BCUT2D eigenvalue weighted by molar-refractivity contribution is 0.150. The van der Waals surface area contributed by atoms with Crippen molar-refractivity contribution in [2.75, 3.05) is 5.73 Å². The summed E-state index contributed by atoms with van der Waals surface area (Å²) in [6, 6.07) is 1.63. The monoisotopic (exact) mass is 198 g/mol. The summed E-state index contributed by atoms with van der Waals surface area (Å²) in [5.41, 5.74) is 10.1. The van der Waals surface area contributed by atoms with Crippen LogP contribution in [0.2, 0.25) is 0 Å². The molecule has 74 valence electrons. The molecule has 4 nitrogen and oxygen atoms in total. The number of alkyl halides is 2. The fourth-order valence-corrected chi connectivity index (χ4v) is 1.13. The lowest BCUT2D eigenvalue weighted by Crippen LogP contribution is -2.10. The van der Waals surface area contributed by atoms with Crippen molar-refractivity contribution in [3.8, 4) is 6.07 Å². The number of aromatic nitrogens is 1. The smallest absolute Gasteiger partial charge is 0.265 e. The first-order valence-corrected chi connectivity index (χ1v) is 3.77. The molecule has 4 N–H and O–H groups in total. The first-order valence-electron chi connectivity index (χ1n) is 3.77. The van der Waals surface area contributed by atoms with Gasteiger partial charge in [0, 0.05) is 23.9 Å². The molecule has 0 radical (unpaired) electrons. The molecule has 0 spiro atoms. The minimum Gasteiger partial charge on any atom is -0.383 e. The van der Waals surface area contributed by atoms with Crippen LogP contribution in [-0.4, -0.2) is 4.98 Å². The number of nitrogen functional groups attached to an aromatic ring is 1. The maximum Gasteiger partial charge on any atom is 0.265 e. The highest BCUT2D eigenvalue weighted by Crippen LogP contribution is 2.28. The number of hydrogen-bond acceptors (Lipinski definition) is 4. The van der Waals surface area contributed by atoms with E-state index in [0.29, 0.717) is 0 Å². The molecule has 1 aromatic heterocycles. The Morgan fingerprint density at radius 1 is 1.57 bits per heavy atom.